The molecule has 1 aromatic rings. The van der Waals surface area contributed by atoms with Crippen LogP contribution in [0.5, 0.6) is 0 Å². The third-order valence-electron chi connectivity index (χ3n) is 6.05. The van der Waals surface area contributed by atoms with E-state index >= 15 is 0 Å². The van der Waals surface area contributed by atoms with Crippen molar-refractivity contribution in [3.63, 3.8) is 0 Å². The Hall–Kier alpha value is -2.76. The van der Waals surface area contributed by atoms with Crippen LogP contribution in [0.2, 0.25) is 0 Å². The molecule has 0 bridgehead atoms. The first-order chi connectivity index (χ1) is 16.3. The summed E-state index contributed by atoms with van der Waals surface area (Å²) in [7, 11) is 0. The van der Waals surface area contributed by atoms with E-state index in [4.69, 9.17) is 4.74 Å². The fourth-order valence-electron chi connectivity index (χ4n) is 4.23. The lowest BCUT2D eigenvalue weighted by atomic mass is 9.76. The summed E-state index contributed by atoms with van der Waals surface area (Å²) in [6, 6.07) is 1.38. The molecule has 7 nitrogen and oxygen atoms in total. The minimum absolute atomic E-state index is 0.0171. The van der Waals surface area contributed by atoms with E-state index in [1.165, 1.54) is 4.90 Å². The number of allylic oxidation sites excluding steroid dienone is 2. The number of benzene rings is 1. The summed E-state index contributed by atoms with van der Waals surface area (Å²) in [6.45, 7) is 3.37. The maximum atomic E-state index is 14.8. The highest BCUT2D eigenvalue weighted by molar-refractivity contribution is 9.10. The number of piperidine rings is 1. The van der Waals surface area contributed by atoms with Gasteiger partial charge in [0.25, 0.3) is 0 Å². The number of hydrogen-bond acceptors (Lipinski definition) is 5. The number of nitrogens with zero attached hydrogens (tertiary/aromatic N) is 1. The lowest BCUT2D eigenvalue weighted by Gasteiger charge is -2.32. The summed E-state index contributed by atoms with van der Waals surface area (Å²) in [6.07, 6.45) is -3.42. The quantitative estimate of drug-likeness (QED) is 0.324. The first-order valence-corrected chi connectivity index (χ1v) is 11.7. The predicted molar refractivity (Wildman–Crippen MR) is 120 cm³/mol. The predicted octanol–water partition coefficient (Wildman–Crippen LogP) is 4.76. The van der Waals surface area contributed by atoms with Crippen LogP contribution in [-0.2, 0) is 19.1 Å². The largest absolute Gasteiger partial charge is 0.466 e. The molecule has 0 aromatic heterocycles. The average molecular weight is 563 g/mol. The summed E-state index contributed by atoms with van der Waals surface area (Å²) < 4.78 is 59.4. The van der Waals surface area contributed by atoms with Gasteiger partial charge in [0.15, 0.2) is 11.6 Å². The van der Waals surface area contributed by atoms with Crippen molar-refractivity contribution >= 4 is 45.2 Å². The van der Waals surface area contributed by atoms with Crippen LogP contribution in [0.3, 0.4) is 0 Å². The van der Waals surface area contributed by atoms with Gasteiger partial charge in [-0.2, -0.15) is 13.2 Å². The van der Waals surface area contributed by atoms with Gasteiger partial charge in [0.1, 0.15) is 11.7 Å². The molecule has 1 aliphatic carbocycles. The summed E-state index contributed by atoms with van der Waals surface area (Å²) in [5.74, 6) is -7.60. The molecule has 2 amide bonds. The molecule has 1 aliphatic heterocycles. The molecule has 2 aliphatic rings. The van der Waals surface area contributed by atoms with Crippen molar-refractivity contribution in [2.75, 3.05) is 25.0 Å². The van der Waals surface area contributed by atoms with Gasteiger partial charge in [0, 0.05) is 34.6 Å². The Morgan fingerprint density at radius 3 is 2.57 bits per heavy atom. The fourth-order valence-corrected chi connectivity index (χ4v) is 4.64. The minimum atomic E-state index is -4.87. The van der Waals surface area contributed by atoms with Gasteiger partial charge in [-0.25, -0.2) is 9.18 Å². The van der Waals surface area contributed by atoms with Crippen molar-refractivity contribution in [1.29, 1.82) is 0 Å². The first-order valence-electron chi connectivity index (χ1n) is 10.9. The van der Waals surface area contributed by atoms with Crippen molar-refractivity contribution in [2.24, 2.45) is 11.8 Å². The standard InChI is InChI=1S/C23H23BrF4N2O5/c1-3-35-21(33)12-5-4-6-30(10-12)22(34)29-17-7-13(16(25)9-15(17)24)19-18(31)8-14(23(26,27)28)11(2)20(19)32/h7-9,11-12,19H,3-6,10H2,1-2H3,(H,29,34). The van der Waals surface area contributed by atoms with Gasteiger partial charge in [-0.05, 0) is 53.9 Å². The highest BCUT2D eigenvalue weighted by atomic mass is 79.9. The van der Waals surface area contributed by atoms with E-state index in [-0.39, 0.29) is 23.3 Å². The van der Waals surface area contributed by atoms with Gasteiger partial charge < -0.3 is 15.0 Å². The number of ether oxygens (including phenoxy) is 1. The van der Waals surface area contributed by atoms with Gasteiger partial charge in [0.05, 0.1) is 18.2 Å². The molecule has 1 heterocycles. The zero-order valence-electron chi connectivity index (χ0n) is 18.9. The topological polar surface area (TPSA) is 92.8 Å². The van der Waals surface area contributed by atoms with Crippen molar-refractivity contribution in [3.05, 3.63) is 39.6 Å². The SMILES string of the molecule is CCOC(=O)C1CCCN(C(=O)Nc2cc(C3C(=O)C=C(C(F)(F)F)C(C)C3=O)c(F)cc2Br)C1. The Bertz CT molecular complexity index is 1090. The molecule has 3 rings (SSSR count). The molecule has 0 spiro atoms. The molecule has 35 heavy (non-hydrogen) atoms. The summed E-state index contributed by atoms with van der Waals surface area (Å²) in [5.41, 5.74) is -1.70. The highest BCUT2D eigenvalue weighted by Crippen LogP contribution is 2.41. The number of nitrogens with one attached hydrogen (secondary N) is 1. The first kappa shape index (κ1) is 26.8. The van der Waals surface area contributed by atoms with Crippen molar-refractivity contribution in [1.82, 2.24) is 4.90 Å². The molecular weight excluding hydrogens is 540 g/mol. The van der Waals surface area contributed by atoms with Gasteiger partial charge in [-0.3, -0.25) is 14.4 Å². The second kappa shape index (κ2) is 10.5. The molecule has 1 N–H and O–H groups in total. The number of anilines is 1. The van der Waals surface area contributed by atoms with Gasteiger partial charge >= 0.3 is 18.2 Å². The van der Waals surface area contributed by atoms with Crippen LogP contribution >= 0.6 is 15.9 Å². The van der Waals surface area contributed by atoms with Gasteiger partial charge in [0.2, 0.25) is 0 Å². The maximum absolute atomic E-state index is 14.8. The van der Waals surface area contributed by atoms with Crippen molar-refractivity contribution < 1.29 is 41.5 Å². The summed E-state index contributed by atoms with van der Waals surface area (Å²) >= 11 is 3.11. The number of carbonyl (C=O) groups is 4. The number of likely N-dealkylation sites (tertiary alicyclic amines) is 1. The Morgan fingerprint density at radius 2 is 1.94 bits per heavy atom. The average Bonchev–Trinajstić information content (AvgIpc) is 2.78. The van der Waals surface area contributed by atoms with Gasteiger partial charge in [-0.15, -0.1) is 0 Å². The van der Waals surface area contributed by atoms with Crippen LogP contribution in [0.1, 0.15) is 38.2 Å². The van der Waals surface area contributed by atoms with E-state index in [1.54, 1.807) is 6.92 Å². The number of esters is 1. The number of hydrogen-bond donors (Lipinski definition) is 1. The number of halogens is 5. The second-order valence-electron chi connectivity index (χ2n) is 8.38. The number of Topliss-reactive ketones (excluding diaryl/α,β-unsaturated/α-hetero) is 1. The van der Waals surface area contributed by atoms with Crippen LogP contribution in [0.15, 0.2) is 28.3 Å². The Balaban J connectivity index is 1.85. The van der Waals surface area contributed by atoms with Crippen LogP contribution in [0.25, 0.3) is 0 Å². The lowest BCUT2D eigenvalue weighted by molar-refractivity contribution is -0.149. The molecule has 190 valence electrons. The molecule has 12 heteroatoms. The second-order valence-corrected chi connectivity index (χ2v) is 9.23. The molecule has 0 radical (unpaired) electrons. The monoisotopic (exact) mass is 562 g/mol. The van der Waals surface area contributed by atoms with Crippen LogP contribution in [-0.4, -0.2) is 54.3 Å². The number of rotatable bonds is 4. The fraction of sp³-hybridized carbons (Fsp3) is 0.478. The number of ketones is 2. The maximum Gasteiger partial charge on any atom is 0.413 e. The third kappa shape index (κ3) is 5.74. The molecule has 0 saturated carbocycles. The molecular formula is C23H23BrF4N2O5. The normalized spacial score (nSPS) is 23.1. The Labute approximate surface area is 207 Å². The van der Waals surface area contributed by atoms with E-state index in [2.05, 4.69) is 21.2 Å². The van der Waals surface area contributed by atoms with E-state index in [9.17, 15) is 36.7 Å². The molecule has 1 fully saturated rings. The molecule has 3 atom stereocenters. The Kier molecular flexibility index (Phi) is 8.03. The van der Waals surface area contributed by atoms with Crippen LogP contribution in [0.4, 0.5) is 28.0 Å². The van der Waals surface area contributed by atoms with E-state index in [0.29, 0.717) is 25.5 Å². The summed E-state index contributed by atoms with van der Waals surface area (Å²) in [5, 5.41) is 2.56. The number of alkyl halides is 3. The zero-order chi connectivity index (χ0) is 26.1. The number of carbonyl (C=O) groups excluding carboxylic acids is 4. The molecule has 1 saturated heterocycles. The van der Waals surface area contributed by atoms with E-state index in [1.807, 2.05) is 0 Å². The number of amides is 2. The third-order valence-corrected chi connectivity index (χ3v) is 6.71. The van der Waals surface area contributed by atoms with E-state index in [0.717, 1.165) is 19.1 Å². The number of urea groups is 1. The Morgan fingerprint density at radius 1 is 1.26 bits per heavy atom. The molecule has 3 unspecified atom stereocenters. The van der Waals surface area contributed by atoms with Gasteiger partial charge in [-0.1, -0.05) is 6.92 Å². The summed E-state index contributed by atoms with van der Waals surface area (Å²) in [4.78, 5) is 51.4. The van der Waals surface area contributed by atoms with Crippen molar-refractivity contribution in [2.45, 2.75) is 38.8 Å². The smallest absolute Gasteiger partial charge is 0.413 e. The van der Waals surface area contributed by atoms with Crippen LogP contribution in [0, 0.1) is 17.7 Å². The van der Waals surface area contributed by atoms with E-state index < -0.39 is 64.5 Å². The van der Waals surface area contributed by atoms with Crippen LogP contribution < -0.4 is 5.32 Å². The lowest BCUT2D eigenvalue weighted by Crippen LogP contribution is -2.44. The van der Waals surface area contributed by atoms with Crippen molar-refractivity contribution in [3.8, 4) is 0 Å². The zero-order valence-corrected chi connectivity index (χ0v) is 20.5. The highest BCUT2D eigenvalue weighted by Gasteiger charge is 2.47. The minimum Gasteiger partial charge on any atom is -0.466 e. The molecule has 1 aromatic carbocycles.